The molecule has 1 fully saturated rings. The second-order valence-electron chi connectivity index (χ2n) is 7.59. The van der Waals surface area contributed by atoms with Crippen LogP contribution in [0.3, 0.4) is 0 Å². The summed E-state index contributed by atoms with van der Waals surface area (Å²) in [4.78, 5) is 48.6. The lowest BCUT2D eigenvalue weighted by atomic mass is 10.2. The van der Waals surface area contributed by atoms with Crippen LogP contribution in [0.25, 0.3) is 11.0 Å². The van der Waals surface area contributed by atoms with Gasteiger partial charge in [0.1, 0.15) is 11.5 Å². The van der Waals surface area contributed by atoms with Crippen molar-refractivity contribution in [3.8, 4) is 0 Å². The maximum atomic E-state index is 13.1. The number of amides is 1. The Bertz CT molecular complexity index is 1340. The van der Waals surface area contributed by atoms with Crippen molar-refractivity contribution in [2.75, 3.05) is 31.1 Å². The fourth-order valence-corrected chi connectivity index (χ4v) is 3.94. The molecule has 1 aliphatic heterocycles. The molecule has 10 nitrogen and oxygen atoms in total. The van der Waals surface area contributed by atoms with Crippen LogP contribution in [0.5, 0.6) is 0 Å². The highest BCUT2D eigenvalue weighted by Gasteiger charge is 2.23. The molecule has 3 heterocycles. The van der Waals surface area contributed by atoms with Gasteiger partial charge in [-0.2, -0.15) is 4.98 Å². The number of hydrogen-bond donors (Lipinski definition) is 1. The standard InChI is InChI=1S/C22H21FN6O4S/c1-2-27-12-16(20(32)33)17(30)15-11-24-21(25-18(15)27)28-7-9-29(10-8-28)22(34)26-19(31)13-3-5-14(23)6-4-13/h3-6,11-12H,2,7-10H2,1H3,(H,32,33)(H,26,31,34)/p-1. The monoisotopic (exact) mass is 483 g/mol. The molecule has 1 amide bonds. The molecule has 4 rings (SSSR count). The van der Waals surface area contributed by atoms with Crippen LogP contribution in [0.1, 0.15) is 27.6 Å². The van der Waals surface area contributed by atoms with Gasteiger partial charge in [0, 0.05) is 50.7 Å². The van der Waals surface area contributed by atoms with Crippen LogP contribution in [-0.2, 0) is 6.54 Å². The Morgan fingerprint density at radius 1 is 1.18 bits per heavy atom. The van der Waals surface area contributed by atoms with Gasteiger partial charge in [-0.1, -0.05) is 0 Å². The molecule has 1 aromatic carbocycles. The molecule has 12 heteroatoms. The first-order valence-electron chi connectivity index (χ1n) is 10.5. The van der Waals surface area contributed by atoms with Crippen molar-refractivity contribution in [2.24, 2.45) is 0 Å². The number of carbonyl (C=O) groups is 2. The molecule has 0 spiro atoms. The van der Waals surface area contributed by atoms with Crippen LogP contribution in [0.15, 0.2) is 41.5 Å². The third-order valence-corrected chi connectivity index (χ3v) is 5.90. The van der Waals surface area contributed by atoms with Gasteiger partial charge >= 0.3 is 0 Å². The number of carboxylic acid groups (broad SMARTS) is 1. The first kappa shape index (κ1) is 23.2. The Morgan fingerprint density at radius 2 is 1.85 bits per heavy atom. The van der Waals surface area contributed by atoms with E-state index in [0.29, 0.717) is 49.9 Å². The van der Waals surface area contributed by atoms with Gasteiger partial charge in [-0.3, -0.25) is 14.9 Å². The topological polar surface area (TPSA) is 123 Å². The molecule has 34 heavy (non-hydrogen) atoms. The Hall–Kier alpha value is -3.93. The summed E-state index contributed by atoms with van der Waals surface area (Å²) in [5, 5.41) is 14.3. The molecule has 0 saturated carbocycles. The largest absolute Gasteiger partial charge is 0.545 e. The normalized spacial score (nSPS) is 13.7. The first-order chi connectivity index (χ1) is 16.3. The quantitative estimate of drug-likeness (QED) is 0.517. The van der Waals surface area contributed by atoms with Crippen LogP contribution < -0.4 is 20.8 Å². The Kier molecular flexibility index (Phi) is 6.50. The van der Waals surface area contributed by atoms with E-state index in [-0.39, 0.29) is 10.5 Å². The second kappa shape index (κ2) is 9.51. The maximum absolute atomic E-state index is 13.1. The van der Waals surface area contributed by atoms with Crippen molar-refractivity contribution in [1.82, 2.24) is 24.8 Å². The van der Waals surface area contributed by atoms with E-state index in [1.165, 1.54) is 36.7 Å². The average molecular weight is 484 g/mol. The van der Waals surface area contributed by atoms with Crippen LogP contribution in [0.4, 0.5) is 10.3 Å². The highest BCUT2D eigenvalue weighted by atomic mass is 32.1. The van der Waals surface area contributed by atoms with Gasteiger partial charge in [0.05, 0.1) is 16.9 Å². The fraction of sp³-hybridized carbons (Fsp3) is 0.273. The number of thiocarbonyl (C=S) groups is 1. The van der Waals surface area contributed by atoms with Crippen molar-refractivity contribution in [2.45, 2.75) is 13.5 Å². The number of halogens is 1. The number of nitrogens with zero attached hydrogens (tertiary/aromatic N) is 5. The number of aromatic carboxylic acids is 1. The first-order valence-corrected chi connectivity index (χ1v) is 10.9. The number of carbonyl (C=O) groups excluding carboxylic acids is 2. The fourth-order valence-electron chi connectivity index (χ4n) is 3.66. The molecule has 0 unspecified atom stereocenters. The van der Waals surface area contributed by atoms with E-state index in [1.54, 1.807) is 4.57 Å². The summed E-state index contributed by atoms with van der Waals surface area (Å²) in [6.45, 7) is 4.22. The number of benzene rings is 1. The van der Waals surface area contributed by atoms with E-state index in [2.05, 4.69) is 15.3 Å². The van der Waals surface area contributed by atoms with E-state index >= 15 is 0 Å². The van der Waals surface area contributed by atoms with Gasteiger partial charge in [-0.15, -0.1) is 0 Å². The summed E-state index contributed by atoms with van der Waals surface area (Å²) in [5.74, 6) is -1.99. The molecule has 1 aliphatic rings. The van der Waals surface area contributed by atoms with Crippen LogP contribution in [0, 0.1) is 5.82 Å². The lowest BCUT2D eigenvalue weighted by Crippen LogP contribution is -2.53. The number of rotatable bonds is 4. The number of aryl methyl sites for hydroxylation is 1. The van der Waals surface area contributed by atoms with Crippen molar-refractivity contribution >= 4 is 46.2 Å². The molecular formula is C22H20FN6O4S-. The lowest BCUT2D eigenvalue weighted by Gasteiger charge is -2.36. The molecule has 0 atom stereocenters. The number of hydrogen-bond acceptors (Lipinski definition) is 8. The van der Waals surface area contributed by atoms with E-state index in [1.807, 2.05) is 16.7 Å². The summed E-state index contributed by atoms with van der Waals surface area (Å²) >= 11 is 5.35. The molecule has 1 saturated heterocycles. The molecule has 1 N–H and O–H groups in total. The molecule has 3 aromatic rings. The van der Waals surface area contributed by atoms with Gasteiger partial charge in [-0.25, -0.2) is 9.37 Å². The third kappa shape index (κ3) is 4.57. The predicted molar refractivity (Wildman–Crippen MR) is 124 cm³/mol. The van der Waals surface area contributed by atoms with E-state index < -0.39 is 28.7 Å². The minimum atomic E-state index is -1.54. The Balaban J connectivity index is 1.46. The number of carboxylic acids is 1. The van der Waals surface area contributed by atoms with Gasteiger partial charge in [0.25, 0.3) is 5.91 Å². The van der Waals surface area contributed by atoms with Crippen molar-refractivity contribution < 1.29 is 19.1 Å². The number of anilines is 1. The molecule has 176 valence electrons. The van der Waals surface area contributed by atoms with Gasteiger partial charge < -0.3 is 24.3 Å². The number of fused-ring (bicyclic) bond motifs is 1. The van der Waals surface area contributed by atoms with Crippen LogP contribution >= 0.6 is 12.2 Å². The number of nitrogens with one attached hydrogen (secondary N) is 1. The average Bonchev–Trinajstić information content (AvgIpc) is 2.84. The smallest absolute Gasteiger partial charge is 0.257 e. The summed E-state index contributed by atoms with van der Waals surface area (Å²) in [7, 11) is 0. The molecule has 0 radical (unpaired) electrons. The lowest BCUT2D eigenvalue weighted by molar-refractivity contribution is -0.255. The second-order valence-corrected chi connectivity index (χ2v) is 7.98. The zero-order valence-electron chi connectivity index (χ0n) is 18.2. The van der Waals surface area contributed by atoms with E-state index in [0.717, 1.165) is 0 Å². The minimum Gasteiger partial charge on any atom is -0.545 e. The van der Waals surface area contributed by atoms with Gasteiger partial charge in [0.2, 0.25) is 11.4 Å². The predicted octanol–water partition coefficient (Wildman–Crippen LogP) is 0.151. The highest BCUT2D eigenvalue weighted by Crippen LogP contribution is 2.16. The third-order valence-electron chi connectivity index (χ3n) is 5.54. The van der Waals surface area contributed by atoms with Crippen LogP contribution in [0.2, 0.25) is 0 Å². The summed E-state index contributed by atoms with van der Waals surface area (Å²) < 4.78 is 14.6. The number of aromatic nitrogens is 3. The Labute approximate surface area is 198 Å². The number of piperazine rings is 1. The summed E-state index contributed by atoms with van der Waals surface area (Å²) in [6.07, 6.45) is 2.56. The Morgan fingerprint density at radius 3 is 2.47 bits per heavy atom. The minimum absolute atomic E-state index is 0.107. The van der Waals surface area contributed by atoms with E-state index in [4.69, 9.17) is 12.2 Å². The number of pyridine rings is 1. The SMILES string of the molecule is CCn1cc(C(=O)[O-])c(=O)c2cnc(N3CCN(C(=S)NC(=O)c4ccc(F)cc4)CC3)nc21. The molecular weight excluding hydrogens is 463 g/mol. The highest BCUT2D eigenvalue weighted by molar-refractivity contribution is 7.80. The van der Waals surface area contributed by atoms with Gasteiger partial charge in [-0.05, 0) is 43.4 Å². The molecule has 2 aromatic heterocycles. The summed E-state index contributed by atoms with van der Waals surface area (Å²) in [6, 6.07) is 5.18. The van der Waals surface area contributed by atoms with Crippen molar-refractivity contribution in [1.29, 1.82) is 0 Å². The molecule has 0 aliphatic carbocycles. The molecule has 0 bridgehead atoms. The van der Waals surface area contributed by atoms with E-state index in [9.17, 15) is 23.9 Å². The van der Waals surface area contributed by atoms with Crippen molar-refractivity contribution in [3.63, 3.8) is 0 Å². The van der Waals surface area contributed by atoms with Crippen molar-refractivity contribution in [3.05, 3.63) is 63.8 Å². The zero-order chi connectivity index (χ0) is 24.4. The van der Waals surface area contributed by atoms with Crippen LogP contribution in [-0.4, -0.2) is 62.6 Å². The summed E-state index contributed by atoms with van der Waals surface area (Å²) in [5.41, 5.74) is -0.475. The van der Waals surface area contributed by atoms with Gasteiger partial charge in [0.15, 0.2) is 5.11 Å². The maximum Gasteiger partial charge on any atom is 0.257 e. The zero-order valence-corrected chi connectivity index (χ0v) is 19.0.